The van der Waals surface area contributed by atoms with Gasteiger partial charge in [-0.25, -0.2) is 0 Å². The average Bonchev–Trinajstić information content (AvgIpc) is 3.47. The van der Waals surface area contributed by atoms with Gasteiger partial charge in [-0.1, -0.05) is 42.5 Å². The summed E-state index contributed by atoms with van der Waals surface area (Å²) in [5.41, 5.74) is 2.31. The monoisotopic (exact) mass is 512 g/mol. The molecule has 0 unspecified atom stereocenters. The molecule has 10 nitrogen and oxygen atoms in total. The van der Waals surface area contributed by atoms with Crippen LogP contribution in [0.25, 0.3) is 15.5 Å². The van der Waals surface area contributed by atoms with E-state index in [0.717, 1.165) is 33.3 Å². The van der Waals surface area contributed by atoms with Gasteiger partial charge in [0.2, 0.25) is 10.7 Å². The normalized spacial score (nSPS) is 10.7. The molecule has 0 saturated carbocycles. The molecule has 0 bridgehead atoms. The van der Waals surface area contributed by atoms with Crippen molar-refractivity contribution in [1.82, 2.24) is 30.4 Å². The van der Waals surface area contributed by atoms with Crippen LogP contribution < -0.4 is 24.8 Å². The molecule has 2 N–H and O–H groups in total. The summed E-state index contributed by atoms with van der Waals surface area (Å²) in [7, 11) is 4.48. The van der Waals surface area contributed by atoms with Gasteiger partial charge in [-0.05, 0) is 29.9 Å². The van der Waals surface area contributed by atoms with E-state index in [0.29, 0.717) is 29.4 Å². The number of hydrogen-bond donors (Lipinski definition) is 2. The number of benzene rings is 2. The lowest BCUT2D eigenvalue weighted by Gasteiger charge is -2.14. The summed E-state index contributed by atoms with van der Waals surface area (Å²) < 4.78 is 17.7. The standard InChI is InChI=1S/C23H24N6O4S2/c1-5-18-26-27-23-29(18)28-21(35-23)14-8-6-13(7-9-14)12-24-22(34)25-20(30)15-10-16(31-2)19(33-4)17(11-15)32-3/h6-11H,5,12H2,1-4H3,(H2,24,25,30,34). The first kappa shape index (κ1) is 24.4. The van der Waals surface area contributed by atoms with E-state index in [4.69, 9.17) is 26.4 Å². The predicted octanol–water partition coefficient (Wildman–Crippen LogP) is 3.25. The molecular formula is C23H24N6O4S2. The van der Waals surface area contributed by atoms with E-state index in [-0.39, 0.29) is 5.11 Å². The van der Waals surface area contributed by atoms with Gasteiger partial charge < -0.3 is 19.5 Å². The van der Waals surface area contributed by atoms with Gasteiger partial charge in [0, 0.05) is 24.1 Å². The fourth-order valence-corrected chi connectivity index (χ4v) is 4.40. The highest BCUT2D eigenvalue weighted by Gasteiger charge is 2.18. The zero-order valence-electron chi connectivity index (χ0n) is 19.6. The van der Waals surface area contributed by atoms with Gasteiger partial charge in [0.15, 0.2) is 22.4 Å². The number of carbonyl (C=O) groups excluding carboxylic acids is 1. The first-order chi connectivity index (χ1) is 17.0. The summed E-state index contributed by atoms with van der Waals surface area (Å²) in [4.78, 5) is 13.5. The van der Waals surface area contributed by atoms with E-state index in [1.54, 1.807) is 16.6 Å². The van der Waals surface area contributed by atoms with E-state index >= 15 is 0 Å². The number of methoxy groups -OCH3 is 3. The second-order valence-electron chi connectivity index (χ2n) is 7.32. The first-order valence-electron chi connectivity index (χ1n) is 10.7. The van der Waals surface area contributed by atoms with Crippen LogP contribution in [0, 0.1) is 0 Å². The molecular weight excluding hydrogens is 488 g/mol. The molecule has 0 aliphatic rings. The molecule has 0 aliphatic heterocycles. The van der Waals surface area contributed by atoms with Gasteiger partial charge in [0.05, 0.1) is 21.3 Å². The van der Waals surface area contributed by atoms with E-state index in [2.05, 4.69) is 25.9 Å². The second kappa shape index (κ2) is 10.7. The molecule has 0 spiro atoms. The molecule has 2 aromatic heterocycles. The smallest absolute Gasteiger partial charge is 0.257 e. The number of amides is 1. The Morgan fingerprint density at radius 3 is 2.34 bits per heavy atom. The number of aromatic nitrogens is 4. The number of hydrogen-bond acceptors (Lipinski definition) is 9. The third-order valence-corrected chi connectivity index (χ3v) is 6.37. The molecule has 0 fully saturated rings. The van der Waals surface area contributed by atoms with Crippen molar-refractivity contribution in [2.24, 2.45) is 0 Å². The van der Waals surface area contributed by atoms with Gasteiger partial charge in [0.1, 0.15) is 5.01 Å². The van der Waals surface area contributed by atoms with E-state index < -0.39 is 5.91 Å². The number of rotatable bonds is 8. The Morgan fingerprint density at radius 2 is 1.74 bits per heavy atom. The highest BCUT2D eigenvalue weighted by atomic mass is 32.1. The Kier molecular flexibility index (Phi) is 7.42. The average molecular weight is 513 g/mol. The van der Waals surface area contributed by atoms with Crippen molar-refractivity contribution in [3.05, 3.63) is 53.3 Å². The minimum absolute atomic E-state index is 0.202. The SMILES string of the molecule is CCc1nnc2sc(-c3ccc(CNC(=S)NC(=O)c4cc(OC)c(OC)c(OC)c4)cc3)nn12. The summed E-state index contributed by atoms with van der Waals surface area (Å²) in [5.74, 6) is 1.61. The van der Waals surface area contributed by atoms with Crippen molar-refractivity contribution in [2.45, 2.75) is 19.9 Å². The summed E-state index contributed by atoms with van der Waals surface area (Å²) >= 11 is 6.79. The quantitative estimate of drug-likeness (QED) is 0.344. The third-order valence-electron chi connectivity index (χ3n) is 5.18. The molecule has 0 radical (unpaired) electrons. The highest BCUT2D eigenvalue weighted by molar-refractivity contribution is 7.80. The van der Waals surface area contributed by atoms with Crippen molar-refractivity contribution < 1.29 is 19.0 Å². The Balaban J connectivity index is 1.37. The van der Waals surface area contributed by atoms with Crippen molar-refractivity contribution in [3.63, 3.8) is 0 Å². The van der Waals surface area contributed by atoms with Gasteiger partial charge in [-0.15, -0.1) is 10.2 Å². The minimum atomic E-state index is -0.396. The van der Waals surface area contributed by atoms with Crippen molar-refractivity contribution in [2.75, 3.05) is 21.3 Å². The molecule has 12 heteroatoms. The lowest BCUT2D eigenvalue weighted by atomic mass is 10.1. The molecule has 1 amide bonds. The molecule has 0 atom stereocenters. The van der Waals surface area contributed by atoms with Crippen LogP contribution in [0.1, 0.15) is 28.7 Å². The van der Waals surface area contributed by atoms with Crippen LogP contribution in [-0.2, 0) is 13.0 Å². The van der Waals surface area contributed by atoms with Crippen LogP contribution in [0.3, 0.4) is 0 Å². The summed E-state index contributed by atoms with van der Waals surface area (Å²) in [6.07, 6.45) is 0.769. The van der Waals surface area contributed by atoms with E-state index in [1.807, 2.05) is 31.2 Å². The molecule has 2 heterocycles. The van der Waals surface area contributed by atoms with Crippen LogP contribution in [0.2, 0.25) is 0 Å². The summed E-state index contributed by atoms with van der Waals surface area (Å²) in [6.45, 7) is 2.47. The Hall–Kier alpha value is -3.77. The molecule has 182 valence electrons. The van der Waals surface area contributed by atoms with Crippen molar-refractivity contribution in [1.29, 1.82) is 0 Å². The number of thiocarbonyl (C=S) groups is 1. The van der Waals surface area contributed by atoms with Crippen molar-refractivity contribution >= 4 is 39.5 Å². The number of nitrogens with one attached hydrogen (secondary N) is 2. The highest BCUT2D eigenvalue weighted by Crippen LogP contribution is 2.38. The Morgan fingerprint density at radius 1 is 1.06 bits per heavy atom. The second-order valence-corrected chi connectivity index (χ2v) is 8.68. The Bertz CT molecular complexity index is 1340. The Labute approximate surface area is 211 Å². The maximum atomic E-state index is 12.7. The van der Waals surface area contributed by atoms with Gasteiger partial charge in [-0.2, -0.15) is 9.61 Å². The predicted molar refractivity (Wildman–Crippen MR) is 136 cm³/mol. The fraction of sp³-hybridized carbons (Fsp3) is 0.261. The minimum Gasteiger partial charge on any atom is -0.493 e. The van der Waals surface area contributed by atoms with Crippen LogP contribution in [0.15, 0.2) is 36.4 Å². The molecule has 0 saturated heterocycles. The third kappa shape index (κ3) is 5.17. The number of nitrogens with zero attached hydrogens (tertiary/aromatic N) is 4. The maximum Gasteiger partial charge on any atom is 0.257 e. The molecule has 0 aliphatic carbocycles. The van der Waals surface area contributed by atoms with Gasteiger partial charge >= 0.3 is 0 Å². The van der Waals surface area contributed by atoms with Crippen LogP contribution in [0.5, 0.6) is 17.2 Å². The molecule has 35 heavy (non-hydrogen) atoms. The summed E-state index contributed by atoms with van der Waals surface area (Å²) in [5, 5.41) is 19.7. The molecule has 4 aromatic rings. The van der Waals surface area contributed by atoms with Gasteiger partial charge in [0.25, 0.3) is 5.91 Å². The van der Waals surface area contributed by atoms with E-state index in [9.17, 15) is 4.79 Å². The van der Waals surface area contributed by atoms with Crippen LogP contribution in [0.4, 0.5) is 0 Å². The van der Waals surface area contributed by atoms with Gasteiger partial charge in [-0.3, -0.25) is 10.1 Å². The lowest BCUT2D eigenvalue weighted by molar-refractivity contribution is 0.0976. The van der Waals surface area contributed by atoms with Crippen molar-refractivity contribution in [3.8, 4) is 27.8 Å². The zero-order valence-corrected chi connectivity index (χ0v) is 21.2. The molecule has 4 rings (SSSR count). The number of fused-ring (bicyclic) bond motifs is 1. The van der Waals surface area contributed by atoms with Crippen LogP contribution >= 0.6 is 23.6 Å². The maximum absolute atomic E-state index is 12.7. The van der Waals surface area contributed by atoms with Crippen LogP contribution in [-0.4, -0.2) is 52.2 Å². The number of ether oxygens (including phenoxy) is 3. The fourth-order valence-electron chi connectivity index (χ4n) is 3.37. The van der Waals surface area contributed by atoms with E-state index in [1.165, 1.54) is 32.7 Å². The largest absolute Gasteiger partial charge is 0.493 e. The topological polar surface area (TPSA) is 112 Å². The lowest BCUT2D eigenvalue weighted by Crippen LogP contribution is -2.38. The number of carbonyl (C=O) groups is 1. The zero-order chi connectivity index (χ0) is 24.9. The molecule has 2 aromatic carbocycles. The summed E-state index contributed by atoms with van der Waals surface area (Å²) in [6, 6.07) is 11.1. The number of aryl methyl sites for hydroxylation is 1. The first-order valence-corrected chi connectivity index (χ1v) is 11.9.